The van der Waals surface area contributed by atoms with Gasteiger partial charge in [-0.15, -0.1) is 10.2 Å². The van der Waals surface area contributed by atoms with E-state index in [1.807, 2.05) is 0 Å². The van der Waals surface area contributed by atoms with E-state index in [-0.39, 0.29) is 28.6 Å². The normalized spacial score (nSPS) is 18.0. The molecule has 3 aromatic heterocycles. The van der Waals surface area contributed by atoms with E-state index < -0.39 is 5.82 Å². The Hall–Kier alpha value is -3.07. The lowest BCUT2D eigenvalue weighted by atomic mass is 9.81. The average molecular weight is 426 g/mol. The molecular weight excluding hydrogens is 399 g/mol. The smallest absolute Gasteiger partial charge is 0.233 e. The number of hydrogen-bond acceptors (Lipinski definition) is 7. The molecule has 3 aromatic rings. The van der Waals surface area contributed by atoms with Crippen molar-refractivity contribution in [3.8, 4) is 34.3 Å². The van der Waals surface area contributed by atoms with E-state index in [2.05, 4.69) is 58.4 Å². The maximum absolute atomic E-state index is 14.8. The van der Waals surface area contributed by atoms with Gasteiger partial charge in [0.1, 0.15) is 17.6 Å². The van der Waals surface area contributed by atoms with Crippen molar-refractivity contribution in [1.82, 2.24) is 30.7 Å². The predicted octanol–water partition coefficient (Wildman–Crippen LogP) is 3.76. The van der Waals surface area contributed by atoms with Gasteiger partial charge >= 0.3 is 0 Å². The Morgan fingerprint density at radius 1 is 1.06 bits per heavy atom. The number of nitrogens with one attached hydrogen (secondary N) is 2. The molecule has 1 aliphatic heterocycles. The molecule has 0 spiro atoms. The van der Waals surface area contributed by atoms with Crippen LogP contribution in [0, 0.1) is 5.82 Å². The van der Waals surface area contributed by atoms with Crippen molar-refractivity contribution in [3.63, 3.8) is 0 Å². The van der Waals surface area contributed by atoms with Gasteiger partial charge in [0.2, 0.25) is 11.8 Å². The van der Waals surface area contributed by atoms with Crippen LogP contribution in [0.25, 0.3) is 22.5 Å². The quantitative estimate of drug-likeness (QED) is 0.641. The van der Waals surface area contributed by atoms with E-state index in [1.54, 1.807) is 18.3 Å². The van der Waals surface area contributed by atoms with Crippen molar-refractivity contribution in [2.24, 2.45) is 0 Å². The molecule has 164 valence electrons. The average Bonchev–Trinajstić information content (AvgIpc) is 3.19. The van der Waals surface area contributed by atoms with Crippen LogP contribution in [0.5, 0.6) is 11.8 Å². The molecule has 1 saturated heterocycles. The van der Waals surface area contributed by atoms with Crippen LogP contribution in [0.2, 0.25) is 0 Å². The monoisotopic (exact) mass is 426 g/mol. The first kappa shape index (κ1) is 21.2. The highest BCUT2D eigenvalue weighted by Gasteiger charge is 2.38. The van der Waals surface area contributed by atoms with Crippen molar-refractivity contribution < 1.29 is 13.9 Å². The third kappa shape index (κ3) is 4.66. The molecular formula is C22H27FN6O2. The minimum Gasteiger partial charge on any atom is -0.480 e. The van der Waals surface area contributed by atoms with E-state index in [4.69, 9.17) is 9.47 Å². The second-order valence-corrected chi connectivity index (χ2v) is 9.16. The number of pyridine rings is 1. The lowest BCUT2D eigenvalue weighted by Crippen LogP contribution is -2.60. The fourth-order valence-corrected chi connectivity index (χ4v) is 4.42. The fourth-order valence-electron chi connectivity index (χ4n) is 4.42. The van der Waals surface area contributed by atoms with E-state index in [0.717, 1.165) is 12.8 Å². The number of aromatic nitrogens is 5. The maximum Gasteiger partial charge on any atom is 0.233 e. The second kappa shape index (κ2) is 7.88. The number of hydrogen-bond donors (Lipinski definition) is 2. The molecule has 2 N–H and O–H groups in total. The first-order valence-corrected chi connectivity index (χ1v) is 10.2. The molecule has 0 aromatic carbocycles. The first-order valence-electron chi connectivity index (χ1n) is 10.2. The lowest BCUT2D eigenvalue weighted by molar-refractivity contribution is 0.0524. The molecule has 31 heavy (non-hydrogen) atoms. The molecule has 9 heteroatoms. The first-order chi connectivity index (χ1) is 14.7. The number of piperidine rings is 1. The van der Waals surface area contributed by atoms with Crippen LogP contribution < -0.4 is 14.8 Å². The van der Waals surface area contributed by atoms with Crippen molar-refractivity contribution in [2.75, 3.05) is 7.11 Å². The van der Waals surface area contributed by atoms with Gasteiger partial charge in [-0.3, -0.25) is 5.10 Å². The summed E-state index contributed by atoms with van der Waals surface area (Å²) in [7, 11) is 1.44. The molecule has 1 fully saturated rings. The minimum atomic E-state index is -0.482. The molecule has 0 radical (unpaired) electrons. The van der Waals surface area contributed by atoms with Crippen LogP contribution in [-0.4, -0.2) is 49.7 Å². The van der Waals surface area contributed by atoms with Gasteiger partial charge < -0.3 is 14.8 Å². The number of methoxy groups -OCH3 is 1. The zero-order valence-corrected chi connectivity index (χ0v) is 18.4. The lowest BCUT2D eigenvalue weighted by Gasteiger charge is -2.46. The van der Waals surface area contributed by atoms with Gasteiger partial charge in [0.15, 0.2) is 0 Å². The number of nitrogens with zero attached hydrogens (tertiary/aromatic N) is 4. The third-order valence-corrected chi connectivity index (χ3v) is 5.26. The Labute approximate surface area is 180 Å². The summed E-state index contributed by atoms with van der Waals surface area (Å²) in [5.74, 6) is 0.104. The van der Waals surface area contributed by atoms with Crippen molar-refractivity contribution >= 4 is 0 Å². The van der Waals surface area contributed by atoms with E-state index >= 15 is 0 Å². The highest BCUT2D eigenvalue weighted by atomic mass is 19.1. The molecule has 0 aliphatic carbocycles. The third-order valence-electron chi connectivity index (χ3n) is 5.26. The van der Waals surface area contributed by atoms with Gasteiger partial charge in [-0.2, -0.15) is 5.10 Å². The Kier molecular flexibility index (Phi) is 5.38. The molecule has 0 amide bonds. The van der Waals surface area contributed by atoms with Crippen LogP contribution in [0.1, 0.15) is 40.5 Å². The fraction of sp³-hybridized carbons (Fsp3) is 0.455. The SMILES string of the molecule is COc1nc(-c2ccc(OC3CC(C)(C)NC(C)(C)C3)nn2)cc(F)c1-c1cn[nH]c1. The summed E-state index contributed by atoms with van der Waals surface area (Å²) in [4.78, 5) is 4.41. The Balaban J connectivity index is 1.55. The largest absolute Gasteiger partial charge is 0.480 e. The molecule has 0 atom stereocenters. The Morgan fingerprint density at radius 2 is 1.81 bits per heavy atom. The zero-order chi connectivity index (χ0) is 22.2. The zero-order valence-electron chi connectivity index (χ0n) is 18.4. The number of rotatable bonds is 5. The van der Waals surface area contributed by atoms with Crippen LogP contribution in [-0.2, 0) is 0 Å². The van der Waals surface area contributed by atoms with Gasteiger partial charge in [-0.1, -0.05) is 0 Å². The molecule has 8 nitrogen and oxygen atoms in total. The summed E-state index contributed by atoms with van der Waals surface area (Å²) >= 11 is 0. The van der Waals surface area contributed by atoms with Crippen molar-refractivity contribution in [2.45, 2.75) is 57.7 Å². The summed E-state index contributed by atoms with van der Waals surface area (Å²) in [5.41, 5.74) is 1.47. The highest BCUT2D eigenvalue weighted by molar-refractivity contribution is 5.71. The summed E-state index contributed by atoms with van der Waals surface area (Å²) in [6.45, 7) is 8.67. The molecule has 4 rings (SSSR count). The maximum atomic E-state index is 14.8. The molecule has 0 saturated carbocycles. The minimum absolute atomic E-state index is 0.0244. The van der Waals surface area contributed by atoms with Gasteiger partial charge in [0.25, 0.3) is 0 Å². The predicted molar refractivity (Wildman–Crippen MR) is 114 cm³/mol. The molecule has 4 heterocycles. The van der Waals surface area contributed by atoms with E-state index in [0.29, 0.717) is 22.8 Å². The summed E-state index contributed by atoms with van der Waals surface area (Å²) in [6, 6.07) is 4.77. The Morgan fingerprint density at radius 3 is 2.39 bits per heavy atom. The van der Waals surface area contributed by atoms with Crippen LogP contribution in [0.15, 0.2) is 30.6 Å². The molecule has 1 aliphatic rings. The standard InChI is InChI=1S/C22H27FN6O2/c1-21(2)9-14(10-22(3,4)29-21)31-18-7-6-16(27-28-18)17-8-15(23)19(20(26-17)30-5)13-11-24-25-12-13/h6-8,11-12,14,29H,9-10H2,1-5H3,(H,24,25). The van der Waals surface area contributed by atoms with E-state index in [1.165, 1.54) is 19.4 Å². The van der Waals surface area contributed by atoms with Gasteiger partial charge in [-0.05, 0) is 33.8 Å². The number of aromatic amines is 1. The van der Waals surface area contributed by atoms with Crippen LogP contribution >= 0.6 is 0 Å². The summed E-state index contributed by atoms with van der Waals surface area (Å²) < 4.78 is 26.3. The summed E-state index contributed by atoms with van der Waals surface area (Å²) in [5, 5.41) is 18.5. The molecule has 0 unspecified atom stereocenters. The van der Waals surface area contributed by atoms with Crippen molar-refractivity contribution in [1.29, 1.82) is 0 Å². The van der Waals surface area contributed by atoms with Gasteiger partial charge in [0.05, 0.1) is 24.6 Å². The van der Waals surface area contributed by atoms with Crippen LogP contribution in [0.3, 0.4) is 0 Å². The van der Waals surface area contributed by atoms with Gasteiger partial charge in [0, 0.05) is 47.8 Å². The highest BCUT2D eigenvalue weighted by Crippen LogP contribution is 2.34. The topological polar surface area (TPSA) is 97.8 Å². The van der Waals surface area contributed by atoms with Gasteiger partial charge in [-0.25, -0.2) is 9.37 Å². The van der Waals surface area contributed by atoms with E-state index in [9.17, 15) is 4.39 Å². The van der Waals surface area contributed by atoms with Crippen LogP contribution in [0.4, 0.5) is 4.39 Å². The Bertz CT molecular complexity index is 1030. The second-order valence-electron chi connectivity index (χ2n) is 9.16. The number of halogens is 1. The van der Waals surface area contributed by atoms with Crippen molar-refractivity contribution in [3.05, 3.63) is 36.4 Å². The number of ether oxygens (including phenoxy) is 2. The summed E-state index contributed by atoms with van der Waals surface area (Å²) in [6.07, 6.45) is 4.84. The molecule has 0 bridgehead atoms. The number of H-pyrrole nitrogens is 1.